The van der Waals surface area contributed by atoms with E-state index in [1.165, 1.54) is 0 Å². The number of rotatable bonds is 4. The van der Waals surface area contributed by atoms with Crippen LogP contribution in [0.3, 0.4) is 0 Å². The van der Waals surface area contributed by atoms with Crippen molar-refractivity contribution in [1.82, 2.24) is 19.5 Å². The minimum atomic E-state index is 0.0604. The molecule has 0 saturated carbocycles. The molecule has 0 atom stereocenters. The van der Waals surface area contributed by atoms with Crippen LogP contribution in [0.15, 0.2) is 12.5 Å². The van der Waals surface area contributed by atoms with Gasteiger partial charge in [0.2, 0.25) is 5.95 Å². The fourth-order valence-corrected chi connectivity index (χ4v) is 1.46. The maximum atomic E-state index is 8.71. The van der Waals surface area contributed by atoms with Crippen LogP contribution in [0.25, 0.3) is 11.2 Å². The molecule has 6 heteroatoms. The largest absolute Gasteiger partial charge is 0.395 e. The summed E-state index contributed by atoms with van der Waals surface area (Å²) in [5.41, 5.74) is 1.59. The summed E-state index contributed by atoms with van der Waals surface area (Å²) in [4.78, 5) is 12.7. The van der Waals surface area contributed by atoms with Crippen molar-refractivity contribution in [3.63, 3.8) is 0 Å². The van der Waals surface area contributed by atoms with E-state index in [1.807, 2.05) is 4.57 Å². The Kier molecular flexibility index (Phi) is 3.00. The Labute approximate surface area is 93.4 Å². The predicted octanol–water partition coefficient (Wildman–Crippen LogP) is 0.811. The van der Waals surface area contributed by atoms with Gasteiger partial charge >= 0.3 is 0 Å². The molecule has 0 bridgehead atoms. The van der Waals surface area contributed by atoms with Crippen LogP contribution in [0.1, 0.15) is 19.9 Å². The number of hydrogen-bond donors (Lipinski definition) is 2. The highest BCUT2D eigenvalue weighted by Crippen LogP contribution is 2.15. The molecule has 0 radical (unpaired) electrons. The molecule has 2 heterocycles. The molecule has 0 aliphatic carbocycles. The normalized spacial score (nSPS) is 11.2. The highest BCUT2D eigenvalue weighted by molar-refractivity contribution is 5.70. The van der Waals surface area contributed by atoms with Crippen molar-refractivity contribution in [3.05, 3.63) is 12.5 Å². The Hall–Kier alpha value is -1.69. The Morgan fingerprint density at radius 3 is 2.94 bits per heavy atom. The molecule has 6 nitrogen and oxygen atoms in total. The smallest absolute Gasteiger partial charge is 0.224 e. The molecule has 16 heavy (non-hydrogen) atoms. The van der Waals surface area contributed by atoms with Gasteiger partial charge in [-0.25, -0.2) is 9.97 Å². The van der Waals surface area contributed by atoms with Crippen LogP contribution in [-0.2, 0) is 0 Å². The van der Waals surface area contributed by atoms with Crippen molar-refractivity contribution in [3.8, 4) is 0 Å². The van der Waals surface area contributed by atoms with E-state index in [2.05, 4.69) is 34.1 Å². The lowest BCUT2D eigenvalue weighted by Crippen LogP contribution is -2.09. The van der Waals surface area contributed by atoms with Crippen LogP contribution in [0.2, 0.25) is 0 Å². The molecule has 0 aliphatic rings. The molecule has 0 aromatic carbocycles. The zero-order chi connectivity index (χ0) is 11.5. The van der Waals surface area contributed by atoms with E-state index in [1.54, 1.807) is 12.5 Å². The van der Waals surface area contributed by atoms with Crippen molar-refractivity contribution in [2.75, 3.05) is 18.5 Å². The first-order valence-electron chi connectivity index (χ1n) is 5.26. The van der Waals surface area contributed by atoms with E-state index in [0.717, 1.165) is 11.2 Å². The number of fused-ring (bicyclic) bond motifs is 1. The van der Waals surface area contributed by atoms with Gasteiger partial charge in [-0.1, -0.05) is 0 Å². The van der Waals surface area contributed by atoms with Gasteiger partial charge in [0.05, 0.1) is 19.1 Å². The van der Waals surface area contributed by atoms with Crippen LogP contribution in [0.4, 0.5) is 5.95 Å². The first kappa shape index (κ1) is 10.8. The summed E-state index contributed by atoms with van der Waals surface area (Å²) < 4.78 is 1.99. The van der Waals surface area contributed by atoms with Crippen LogP contribution in [0.5, 0.6) is 0 Å². The second-order valence-corrected chi connectivity index (χ2v) is 3.80. The minimum Gasteiger partial charge on any atom is -0.395 e. The Balaban J connectivity index is 2.38. The Morgan fingerprint density at radius 2 is 2.25 bits per heavy atom. The molecule has 2 rings (SSSR count). The van der Waals surface area contributed by atoms with Gasteiger partial charge in [-0.2, -0.15) is 4.98 Å². The van der Waals surface area contributed by atoms with E-state index < -0.39 is 0 Å². The number of nitrogens with zero attached hydrogens (tertiary/aromatic N) is 4. The molecular formula is C10H15N5O. The van der Waals surface area contributed by atoms with Crippen molar-refractivity contribution < 1.29 is 5.11 Å². The molecule has 0 unspecified atom stereocenters. The summed E-state index contributed by atoms with van der Waals surface area (Å²) in [6, 6.07) is 0.311. The van der Waals surface area contributed by atoms with Crippen LogP contribution < -0.4 is 5.32 Å². The lowest BCUT2D eigenvalue weighted by molar-refractivity contribution is 0.311. The van der Waals surface area contributed by atoms with Gasteiger partial charge in [0.25, 0.3) is 0 Å². The molecule has 2 N–H and O–H groups in total. The van der Waals surface area contributed by atoms with E-state index >= 15 is 0 Å². The minimum absolute atomic E-state index is 0.0604. The first-order chi connectivity index (χ1) is 7.72. The van der Waals surface area contributed by atoms with E-state index in [0.29, 0.717) is 18.5 Å². The summed E-state index contributed by atoms with van der Waals surface area (Å²) in [6.45, 7) is 4.65. The Bertz CT molecular complexity index is 479. The second kappa shape index (κ2) is 4.44. The van der Waals surface area contributed by atoms with Crippen molar-refractivity contribution >= 4 is 17.1 Å². The van der Waals surface area contributed by atoms with E-state index in [-0.39, 0.29) is 6.61 Å². The molecule has 2 aromatic heterocycles. The van der Waals surface area contributed by atoms with Crippen LogP contribution in [-0.4, -0.2) is 37.8 Å². The zero-order valence-electron chi connectivity index (χ0n) is 9.38. The van der Waals surface area contributed by atoms with Gasteiger partial charge in [0.1, 0.15) is 5.52 Å². The predicted molar refractivity (Wildman–Crippen MR) is 61.3 cm³/mol. The third-order valence-electron chi connectivity index (χ3n) is 2.27. The van der Waals surface area contributed by atoms with Gasteiger partial charge in [-0.15, -0.1) is 0 Å². The third-order valence-corrected chi connectivity index (χ3v) is 2.27. The average Bonchev–Trinajstić information content (AvgIpc) is 2.69. The zero-order valence-corrected chi connectivity index (χ0v) is 9.38. The summed E-state index contributed by atoms with van der Waals surface area (Å²) in [5.74, 6) is 0.518. The summed E-state index contributed by atoms with van der Waals surface area (Å²) in [5, 5.41) is 11.6. The maximum Gasteiger partial charge on any atom is 0.224 e. The first-order valence-corrected chi connectivity index (χ1v) is 5.26. The summed E-state index contributed by atoms with van der Waals surface area (Å²) >= 11 is 0. The number of imidazole rings is 1. The molecule has 0 aliphatic heterocycles. The van der Waals surface area contributed by atoms with Crippen molar-refractivity contribution in [1.29, 1.82) is 0 Å². The van der Waals surface area contributed by atoms with Crippen LogP contribution >= 0.6 is 0 Å². The average molecular weight is 221 g/mol. The number of hydrogen-bond acceptors (Lipinski definition) is 5. The molecular weight excluding hydrogens is 206 g/mol. The van der Waals surface area contributed by atoms with Gasteiger partial charge in [-0.3, -0.25) is 0 Å². The van der Waals surface area contributed by atoms with E-state index in [4.69, 9.17) is 5.11 Å². The fraction of sp³-hybridized carbons (Fsp3) is 0.500. The number of nitrogens with one attached hydrogen (secondary N) is 1. The molecule has 0 amide bonds. The SMILES string of the molecule is CC(C)n1cnc2cnc(NCCO)nc21. The lowest BCUT2D eigenvalue weighted by Gasteiger charge is -2.07. The van der Waals surface area contributed by atoms with E-state index in [9.17, 15) is 0 Å². The van der Waals surface area contributed by atoms with Crippen molar-refractivity contribution in [2.45, 2.75) is 19.9 Å². The highest BCUT2D eigenvalue weighted by atomic mass is 16.3. The molecule has 0 spiro atoms. The summed E-state index contributed by atoms with van der Waals surface area (Å²) in [6.07, 6.45) is 3.45. The van der Waals surface area contributed by atoms with Gasteiger partial charge < -0.3 is 15.0 Å². The van der Waals surface area contributed by atoms with Crippen molar-refractivity contribution in [2.24, 2.45) is 0 Å². The number of aliphatic hydroxyl groups excluding tert-OH is 1. The monoisotopic (exact) mass is 221 g/mol. The standard InChI is InChI=1S/C10H15N5O/c1-7(2)15-6-13-8-5-12-10(11-3-4-16)14-9(8)15/h5-7,16H,3-4H2,1-2H3,(H,11,12,14). The number of aliphatic hydroxyl groups is 1. The maximum absolute atomic E-state index is 8.71. The van der Waals surface area contributed by atoms with Gasteiger partial charge in [-0.05, 0) is 13.8 Å². The molecule has 0 saturated heterocycles. The summed E-state index contributed by atoms with van der Waals surface area (Å²) in [7, 11) is 0. The molecule has 2 aromatic rings. The fourth-order valence-electron chi connectivity index (χ4n) is 1.46. The molecule has 0 fully saturated rings. The van der Waals surface area contributed by atoms with Gasteiger partial charge in [0, 0.05) is 12.6 Å². The van der Waals surface area contributed by atoms with Crippen LogP contribution in [0, 0.1) is 0 Å². The Morgan fingerprint density at radius 1 is 1.44 bits per heavy atom. The quantitative estimate of drug-likeness (QED) is 0.799. The third kappa shape index (κ3) is 1.96. The lowest BCUT2D eigenvalue weighted by atomic mass is 10.4. The molecule has 86 valence electrons. The number of aromatic nitrogens is 4. The topological polar surface area (TPSA) is 75.9 Å². The highest BCUT2D eigenvalue weighted by Gasteiger charge is 2.08. The second-order valence-electron chi connectivity index (χ2n) is 3.80. The number of anilines is 1. The van der Waals surface area contributed by atoms with Gasteiger partial charge in [0.15, 0.2) is 5.65 Å².